The normalized spacial score (nSPS) is 14.6. The molecule has 0 unspecified atom stereocenters. The summed E-state index contributed by atoms with van der Waals surface area (Å²) in [7, 11) is 0. The number of fused-ring (bicyclic) bond motifs is 1. The van der Waals surface area contributed by atoms with Crippen LogP contribution in [0.25, 0.3) is 0 Å². The zero-order chi connectivity index (χ0) is 19.6. The SMILES string of the molecule is O=C(O)C[C@H](CCCCCCc1ccc2c(n1)NCCCC2)c1cncnc1. The average molecular weight is 383 g/mol. The van der Waals surface area contributed by atoms with Crippen LogP contribution in [-0.4, -0.2) is 32.6 Å². The minimum absolute atomic E-state index is 0.00368. The number of carboxylic acid groups (broad SMARTS) is 1. The molecule has 2 aromatic rings. The second kappa shape index (κ2) is 10.7. The summed E-state index contributed by atoms with van der Waals surface area (Å²) in [6.07, 6.45) is 14.9. The van der Waals surface area contributed by atoms with Crippen molar-refractivity contribution in [1.82, 2.24) is 15.0 Å². The molecular formula is C22H30N4O2. The van der Waals surface area contributed by atoms with Gasteiger partial charge in [-0.3, -0.25) is 4.79 Å². The predicted molar refractivity (Wildman–Crippen MR) is 109 cm³/mol. The number of hydrogen-bond acceptors (Lipinski definition) is 5. The number of aliphatic carboxylic acids is 1. The van der Waals surface area contributed by atoms with Crippen LogP contribution in [0.4, 0.5) is 5.82 Å². The molecule has 0 aliphatic carbocycles. The number of carbonyl (C=O) groups is 1. The number of nitrogens with one attached hydrogen (secondary N) is 1. The number of hydrogen-bond donors (Lipinski definition) is 2. The maximum absolute atomic E-state index is 11.1. The van der Waals surface area contributed by atoms with Gasteiger partial charge in [-0.1, -0.05) is 25.3 Å². The van der Waals surface area contributed by atoms with Crippen molar-refractivity contribution in [3.63, 3.8) is 0 Å². The molecule has 6 nitrogen and oxygen atoms in total. The smallest absolute Gasteiger partial charge is 0.303 e. The Labute approximate surface area is 166 Å². The Morgan fingerprint density at radius 3 is 2.75 bits per heavy atom. The maximum atomic E-state index is 11.1. The molecule has 28 heavy (non-hydrogen) atoms. The zero-order valence-electron chi connectivity index (χ0n) is 16.4. The lowest BCUT2D eigenvalue weighted by Gasteiger charge is -2.14. The number of carboxylic acids is 1. The lowest BCUT2D eigenvalue weighted by Crippen LogP contribution is -2.07. The second-order valence-corrected chi connectivity index (χ2v) is 7.61. The summed E-state index contributed by atoms with van der Waals surface area (Å²) >= 11 is 0. The highest BCUT2D eigenvalue weighted by atomic mass is 16.4. The van der Waals surface area contributed by atoms with Gasteiger partial charge in [-0.25, -0.2) is 15.0 Å². The highest BCUT2D eigenvalue weighted by molar-refractivity contribution is 5.68. The molecule has 0 radical (unpaired) electrons. The molecule has 2 N–H and O–H groups in total. The van der Waals surface area contributed by atoms with E-state index in [2.05, 4.69) is 27.4 Å². The monoisotopic (exact) mass is 382 g/mol. The molecule has 0 saturated heterocycles. The van der Waals surface area contributed by atoms with Crippen LogP contribution in [0.2, 0.25) is 0 Å². The molecule has 1 aliphatic heterocycles. The van der Waals surface area contributed by atoms with E-state index in [0.717, 1.165) is 62.9 Å². The van der Waals surface area contributed by atoms with E-state index in [1.165, 1.54) is 30.4 Å². The van der Waals surface area contributed by atoms with Crippen LogP contribution in [0.3, 0.4) is 0 Å². The predicted octanol–water partition coefficient (Wildman–Crippen LogP) is 4.37. The van der Waals surface area contributed by atoms with Gasteiger partial charge < -0.3 is 10.4 Å². The van der Waals surface area contributed by atoms with E-state index in [4.69, 9.17) is 10.1 Å². The lowest BCUT2D eigenvalue weighted by atomic mass is 9.92. The van der Waals surface area contributed by atoms with Crippen molar-refractivity contribution >= 4 is 11.8 Å². The van der Waals surface area contributed by atoms with Crippen LogP contribution < -0.4 is 5.32 Å². The molecule has 2 aromatic heterocycles. The van der Waals surface area contributed by atoms with Gasteiger partial charge in [0.1, 0.15) is 12.1 Å². The van der Waals surface area contributed by atoms with Crippen LogP contribution >= 0.6 is 0 Å². The van der Waals surface area contributed by atoms with Gasteiger partial charge in [-0.2, -0.15) is 0 Å². The Morgan fingerprint density at radius 2 is 1.93 bits per heavy atom. The number of unbranched alkanes of at least 4 members (excludes halogenated alkanes) is 3. The highest BCUT2D eigenvalue weighted by Gasteiger charge is 2.16. The van der Waals surface area contributed by atoms with Gasteiger partial charge >= 0.3 is 5.97 Å². The number of anilines is 1. The van der Waals surface area contributed by atoms with Crippen molar-refractivity contribution in [1.29, 1.82) is 0 Å². The molecule has 150 valence electrons. The summed E-state index contributed by atoms with van der Waals surface area (Å²) in [6, 6.07) is 4.40. The van der Waals surface area contributed by atoms with Crippen LogP contribution in [0.1, 0.15) is 74.1 Å². The Morgan fingerprint density at radius 1 is 1.11 bits per heavy atom. The van der Waals surface area contributed by atoms with Gasteiger partial charge in [0.15, 0.2) is 0 Å². The van der Waals surface area contributed by atoms with E-state index in [-0.39, 0.29) is 12.3 Å². The third-order valence-corrected chi connectivity index (χ3v) is 5.41. The fourth-order valence-electron chi connectivity index (χ4n) is 3.84. The molecule has 6 heteroatoms. The molecule has 1 atom stereocenters. The number of nitrogens with zero attached hydrogens (tertiary/aromatic N) is 3. The second-order valence-electron chi connectivity index (χ2n) is 7.61. The summed E-state index contributed by atoms with van der Waals surface area (Å²) in [5.74, 6) is 0.310. The first-order chi connectivity index (χ1) is 13.7. The zero-order valence-corrected chi connectivity index (χ0v) is 16.4. The maximum Gasteiger partial charge on any atom is 0.303 e. The van der Waals surface area contributed by atoms with Crippen LogP contribution in [0, 0.1) is 0 Å². The largest absolute Gasteiger partial charge is 0.481 e. The molecule has 0 amide bonds. The number of pyridine rings is 1. The van der Waals surface area contributed by atoms with Gasteiger partial charge in [0.05, 0.1) is 6.42 Å². The standard InChI is InChI=1S/C22H30N4O2/c27-21(28)13-18(19-14-23-16-24-15-19)8-3-1-2-4-9-20-11-10-17-7-5-6-12-25-22(17)26-20/h10-11,14-16,18H,1-9,12-13H2,(H,25,26)(H,27,28)/t18-/m0/s1. The number of aryl methyl sites for hydroxylation is 2. The van der Waals surface area contributed by atoms with Crippen LogP contribution in [0.15, 0.2) is 30.9 Å². The van der Waals surface area contributed by atoms with Gasteiger partial charge in [0, 0.05) is 24.6 Å². The Hall–Kier alpha value is -2.50. The lowest BCUT2D eigenvalue weighted by molar-refractivity contribution is -0.137. The molecule has 1 aliphatic rings. The molecule has 0 bridgehead atoms. The third-order valence-electron chi connectivity index (χ3n) is 5.41. The Kier molecular flexibility index (Phi) is 7.76. The molecule has 0 saturated carbocycles. The summed E-state index contributed by atoms with van der Waals surface area (Å²) in [5, 5.41) is 12.6. The van der Waals surface area contributed by atoms with Crippen molar-refractivity contribution in [3.05, 3.63) is 47.7 Å². The van der Waals surface area contributed by atoms with Gasteiger partial charge in [-0.05, 0) is 61.6 Å². The Balaban J connectivity index is 1.39. The fraction of sp³-hybridized carbons (Fsp3) is 0.545. The average Bonchev–Trinajstić information content (AvgIpc) is 2.95. The summed E-state index contributed by atoms with van der Waals surface area (Å²) in [5.41, 5.74) is 3.43. The molecule has 3 heterocycles. The van der Waals surface area contributed by atoms with E-state index in [9.17, 15) is 4.79 Å². The number of aromatic nitrogens is 3. The van der Waals surface area contributed by atoms with E-state index < -0.39 is 5.97 Å². The van der Waals surface area contributed by atoms with Crippen molar-refractivity contribution in [2.45, 2.75) is 70.1 Å². The van der Waals surface area contributed by atoms with E-state index in [0.29, 0.717) is 0 Å². The van der Waals surface area contributed by atoms with Gasteiger partial charge in [-0.15, -0.1) is 0 Å². The molecule has 0 aromatic carbocycles. The van der Waals surface area contributed by atoms with Crippen molar-refractivity contribution in [2.75, 3.05) is 11.9 Å². The van der Waals surface area contributed by atoms with Gasteiger partial charge in [0.25, 0.3) is 0 Å². The molecular weight excluding hydrogens is 352 g/mol. The van der Waals surface area contributed by atoms with E-state index >= 15 is 0 Å². The first-order valence-corrected chi connectivity index (χ1v) is 10.4. The summed E-state index contributed by atoms with van der Waals surface area (Å²) < 4.78 is 0. The summed E-state index contributed by atoms with van der Waals surface area (Å²) in [4.78, 5) is 24.0. The topological polar surface area (TPSA) is 88.0 Å². The third kappa shape index (κ3) is 6.29. The van der Waals surface area contributed by atoms with Crippen molar-refractivity contribution in [2.24, 2.45) is 0 Å². The van der Waals surface area contributed by atoms with Crippen molar-refractivity contribution in [3.8, 4) is 0 Å². The highest BCUT2D eigenvalue weighted by Crippen LogP contribution is 2.25. The van der Waals surface area contributed by atoms with Crippen LogP contribution in [0.5, 0.6) is 0 Å². The summed E-state index contributed by atoms with van der Waals surface area (Å²) in [6.45, 7) is 1.02. The minimum Gasteiger partial charge on any atom is -0.481 e. The minimum atomic E-state index is -0.767. The fourth-order valence-corrected chi connectivity index (χ4v) is 3.84. The molecule has 3 rings (SSSR count). The molecule has 0 spiro atoms. The van der Waals surface area contributed by atoms with E-state index in [1.807, 2.05) is 0 Å². The quantitative estimate of drug-likeness (QED) is 0.593. The number of rotatable bonds is 10. The first kappa shape index (κ1) is 20.2. The van der Waals surface area contributed by atoms with Gasteiger partial charge in [0.2, 0.25) is 0 Å². The van der Waals surface area contributed by atoms with E-state index in [1.54, 1.807) is 12.4 Å². The first-order valence-electron chi connectivity index (χ1n) is 10.4. The Bertz CT molecular complexity index is 751. The van der Waals surface area contributed by atoms with Crippen LogP contribution in [-0.2, 0) is 17.6 Å². The molecule has 0 fully saturated rings. The van der Waals surface area contributed by atoms with Crippen molar-refractivity contribution < 1.29 is 9.90 Å².